The van der Waals surface area contributed by atoms with E-state index < -0.39 is 0 Å². The molecule has 1 fully saturated rings. The van der Waals surface area contributed by atoms with Crippen LogP contribution in [0, 0.1) is 11.3 Å². The van der Waals surface area contributed by atoms with Crippen molar-refractivity contribution in [3.05, 3.63) is 0 Å². The fourth-order valence-corrected chi connectivity index (χ4v) is 2.06. The minimum atomic E-state index is 0.389. The average molecular weight is 175 g/mol. The molecule has 1 unspecified atom stereocenters. The summed E-state index contributed by atoms with van der Waals surface area (Å²) in [5.41, 5.74) is 0.594. The minimum Gasteiger partial charge on any atom is -0.123 e. The van der Waals surface area contributed by atoms with Crippen LogP contribution in [0.4, 0.5) is 0 Å². The van der Waals surface area contributed by atoms with E-state index in [1.54, 1.807) is 0 Å². The van der Waals surface area contributed by atoms with Crippen LogP contribution in [0.2, 0.25) is 0 Å². The second-order valence-electron chi connectivity index (χ2n) is 4.63. The minimum absolute atomic E-state index is 0.389. The molecule has 0 heterocycles. The number of hydrogen-bond acceptors (Lipinski definition) is 0. The number of halogens is 1. The fourth-order valence-electron chi connectivity index (χ4n) is 1.69. The average Bonchev–Trinajstić information content (AvgIpc) is 1.84. The summed E-state index contributed by atoms with van der Waals surface area (Å²) in [6.07, 6.45) is 5.41. The van der Waals surface area contributed by atoms with Gasteiger partial charge in [0.25, 0.3) is 0 Å². The van der Waals surface area contributed by atoms with Gasteiger partial charge in [-0.15, -0.1) is 11.6 Å². The van der Waals surface area contributed by atoms with Crippen molar-refractivity contribution in [2.75, 3.05) is 0 Å². The zero-order valence-corrected chi connectivity index (χ0v) is 8.62. The van der Waals surface area contributed by atoms with Gasteiger partial charge in [0.05, 0.1) is 0 Å². The maximum absolute atomic E-state index is 6.21. The Kier molecular flexibility index (Phi) is 2.85. The van der Waals surface area contributed by atoms with Gasteiger partial charge in [0, 0.05) is 5.38 Å². The molecule has 1 atom stereocenters. The second kappa shape index (κ2) is 3.35. The van der Waals surface area contributed by atoms with Crippen molar-refractivity contribution in [1.82, 2.24) is 0 Å². The lowest BCUT2D eigenvalue weighted by Gasteiger charge is -2.40. The smallest absolute Gasteiger partial charge is 0.0364 e. The summed E-state index contributed by atoms with van der Waals surface area (Å²) in [6.45, 7) is 6.79. The van der Waals surface area contributed by atoms with Crippen molar-refractivity contribution in [2.45, 2.75) is 51.8 Å². The summed E-state index contributed by atoms with van der Waals surface area (Å²) in [6, 6.07) is 0. The highest BCUT2D eigenvalue weighted by Crippen LogP contribution is 2.45. The monoisotopic (exact) mass is 174 g/mol. The van der Waals surface area contributed by atoms with Crippen LogP contribution in [0.5, 0.6) is 0 Å². The summed E-state index contributed by atoms with van der Waals surface area (Å²) in [7, 11) is 0. The molecular formula is C10H19Cl. The number of hydrogen-bond donors (Lipinski definition) is 0. The molecule has 0 bridgehead atoms. The van der Waals surface area contributed by atoms with Gasteiger partial charge in [-0.2, -0.15) is 0 Å². The van der Waals surface area contributed by atoms with E-state index in [1.165, 1.54) is 25.7 Å². The van der Waals surface area contributed by atoms with E-state index in [1.807, 2.05) is 0 Å². The quantitative estimate of drug-likeness (QED) is 0.571. The molecule has 0 aromatic carbocycles. The summed E-state index contributed by atoms with van der Waals surface area (Å²) in [5, 5.41) is 0.389. The Morgan fingerprint density at radius 1 is 1.36 bits per heavy atom. The highest BCUT2D eigenvalue weighted by Gasteiger charge is 2.34. The van der Waals surface area contributed by atoms with E-state index in [-0.39, 0.29) is 0 Å². The summed E-state index contributed by atoms with van der Waals surface area (Å²) >= 11 is 6.21. The van der Waals surface area contributed by atoms with Gasteiger partial charge in [-0.05, 0) is 30.6 Å². The van der Waals surface area contributed by atoms with Crippen LogP contribution in [0.15, 0.2) is 0 Å². The molecule has 0 amide bonds. The molecule has 11 heavy (non-hydrogen) atoms. The van der Waals surface area contributed by atoms with Crippen molar-refractivity contribution in [3.8, 4) is 0 Å². The van der Waals surface area contributed by atoms with Gasteiger partial charge < -0.3 is 0 Å². The van der Waals surface area contributed by atoms with Crippen LogP contribution in [-0.2, 0) is 0 Å². The Bertz CT molecular complexity index is 125. The van der Waals surface area contributed by atoms with E-state index >= 15 is 0 Å². The third kappa shape index (κ3) is 2.37. The first-order valence-corrected chi connectivity index (χ1v) is 5.11. The molecule has 1 rings (SSSR count). The highest BCUT2D eigenvalue weighted by atomic mass is 35.5. The molecule has 0 radical (unpaired) electrons. The molecule has 66 valence electrons. The topological polar surface area (TPSA) is 0 Å². The SMILES string of the molecule is CC(C)C(Cl)CC1(C)CCC1. The van der Waals surface area contributed by atoms with Crippen LogP contribution >= 0.6 is 11.6 Å². The molecule has 1 aliphatic carbocycles. The molecule has 0 N–H and O–H groups in total. The van der Waals surface area contributed by atoms with E-state index in [9.17, 15) is 0 Å². The largest absolute Gasteiger partial charge is 0.123 e. The Balaban J connectivity index is 2.29. The third-order valence-electron chi connectivity index (χ3n) is 2.97. The normalized spacial score (nSPS) is 24.8. The third-order valence-corrected chi connectivity index (χ3v) is 3.63. The van der Waals surface area contributed by atoms with Gasteiger partial charge in [-0.25, -0.2) is 0 Å². The number of alkyl halides is 1. The summed E-state index contributed by atoms with van der Waals surface area (Å²) in [4.78, 5) is 0. The lowest BCUT2D eigenvalue weighted by atomic mass is 9.67. The van der Waals surface area contributed by atoms with Gasteiger partial charge >= 0.3 is 0 Å². The predicted octanol–water partition coefficient (Wildman–Crippen LogP) is 3.83. The van der Waals surface area contributed by atoms with Crippen LogP contribution in [-0.4, -0.2) is 5.38 Å². The molecule has 0 saturated heterocycles. The first-order chi connectivity index (χ1) is 5.03. The molecule has 0 aromatic rings. The van der Waals surface area contributed by atoms with E-state index in [0.29, 0.717) is 16.7 Å². The lowest BCUT2D eigenvalue weighted by molar-refractivity contribution is 0.138. The fraction of sp³-hybridized carbons (Fsp3) is 1.00. The summed E-state index contributed by atoms with van der Waals surface area (Å²) < 4.78 is 0. The van der Waals surface area contributed by atoms with Gasteiger partial charge in [-0.3, -0.25) is 0 Å². The van der Waals surface area contributed by atoms with Gasteiger partial charge in [0.15, 0.2) is 0 Å². The zero-order chi connectivity index (χ0) is 8.48. The molecular weight excluding hydrogens is 156 g/mol. The predicted molar refractivity (Wildman–Crippen MR) is 51.1 cm³/mol. The molecule has 1 saturated carbocycles. The van der Waals surface area contributed by atoms with Crippen molar-refractivity contribution in [2.24, 2.45) is 11.3 Å². The van der Waals surface area contributed by atoms with E-state index in [0.717, 1.165) is 0 Å². The van der Waals surface area contributed by atoms with Crippen LogP contribution in [0.1, 0.15) is 46.5 Å². The van der Waals surface area contributed by atoms with Crippen molar-refractivity contribution in [1.29, 1.82) is 0 Å². The summed E-state index contributed by atoms with van der Waals surface area (Å²) in [5.74, 6) is 0.633. The van der Waals surface area contributed by atoms with Crippen molar-refractivity contribution < 1.29 is 0 Å². The molecule has 1 aliphatic rings. The van der Waals surface area contributed by atoms with Gasteiger partial charge in [0.2, 0.25) is 0 Å². The van der Waals surface area contributed by atoms with Gasteiger partial charge in [-0.1, -0.05) is 27.2 Å². The standard InChI is InChI=1S/C10H19Cl/c1-8(2)9(11)7-10(3)5-4-6-10/h8-9H,4-7H2,1-3H3. The lowest BCUT2D eigenvalue weighted by Crippen LogP contribution is -2.30. The van der Waals surface area contributed by atoms with Crippen LogP contribution in [0.25, 0.3) is 0 Å². The first-order valence-electron chi connectivity index (χ1n) is 4.68. The second-order valence-corrected chi connectivity index (χ2v) is 5.19. The first kappa shape index (κ1) is 9.38. The van der Waals surface area contributed by atoms with Crippen LogP contribution in [0.3, 0.4) is 0 Å². The maximum Gasteiger partial charge on any atom is 0.0364 e. The molecule has 0 spiro atoms. The van der Waals surface area contributed by atoms with Crippen molar-refractivity contribution in [3.63, 3.8) is 0 Å². The van der Waals surface area contributed by atoms with Crippen molar-refractivity contribution >= 4 is 11.6 Å². The molecule has 0 aromatic heterocycles. The molecule has 0 aliphatic heterocycles. The number of rotatable bonds is 3. The molecule has 1 heteroatoms. The highest BCUT2D eigenvalue weighted by molar-refractivity contribution is 6.20. The van der Waals surface area contributed by atoms with Gasteiger partial charge in [0.1, 0.15) is 0 Å². The maximum atomic E-state index is 6.21. The zero-order valence-electron chi connectivity index (χ0n) is 7.86. The van der Waals surface area contributed by atoms with E-state index in [4.69, 9.17) is 11.6 Å². The Hall–Kier alpha value is 0.290. The molecule has 0 nitrogen and oxygen atoms in total. The Labute approximate surface area is 75.3 Å². The Morgan fingerprint density at radius 3 is 2.18 bits per heavy atom. The Morgan fingerprint density at radius 2 is 1.91 bits per heavy atom. The van der Waals surface area contributed by atoms with Crippen LogP contribution < -0.4 is 0 Å². The van der Waals surface area contributed by atoms with E-state index in [2.05, 4.69) is 20.8 Å².